The summed E-state index contributed by atoms with van der Waals surface area (Å²) in [6, 6.07) is 7.96. The van der Waals surface area contributed by atoms with Crippen molar-refractivity contribution in [2.75, 3.05) is 6.61 Å². The molecule has 0 saturated carbocycles. The van der Waals surface area contributed by atoms with E-state index >= 15 is 0 Å². The monoisotopic (exact) mass is 336 g/mol. The van der Waals surface area contributed by atoms with Gasteiger partial charge in [-0.2, -0.15) is 0 Å². The number of hydrogen-bond donors (Lipinski definition) is 4. The normalized spacial score (nSPS) is 36.1. The lowest BCUT2D eigenvalue weighted by Gasteiger charge is -2.39. The number of benzene rings is 1. The average Bonchev–Trinajstić information content (AvgIpc) is 2.48. The lowest BCUT2D eigenvalue weighted by molar-refractivity contribution is -0.275. The van der Waals surface area contributed by atoms with E-state index in [1.807, 2.05) is 0 Å². The minimum absolute atomic E-state index is 0.219. The molecule has 0 spiro atoms. The van der Waals surface area contributed by atoms with Crippen molar-refractivity contribution in [3.8, 4) is 0 Å². The highest BCUT2D eigenvalue weighted by molar-refractivity contribution is 8.30. The smallest absolute Gasteiger partial charge is 0.202 e. The van der Waals surface area contributed by atoms with Crippen LogP contribution in [0.2, 0.25) is 0 Å². The van der Waals surface area contributed by atoms with Crippen molar-refractivity contribution in [1.29, 1.82) is 0 Å². The maximum absolute atomic E-state index is 12.4. The summed E-state index contributed by atoms with van der Waals surface area (Å²) in [6.45, 7) is -0.602. The van der Waals surface area contributed by atoms with E-state index in [0.717, 1.165) is 0 Å². The quantitative estimate of drug-likeness (QED) is 0.526. The van der Waals surface area contributed by atoms with Gasteiger partial charge in [-0.3, -0.25) is 4.18 Å². The summed E-state index contributed by atoms with van der Waals surface area (Å²) < 4.78 is 22.6. The van der Waals surface area contributed by atoms with Crippen LogP contribution < -0.4 is 0 Å². The van der Waals surface area contributed by atoms with Crippen LogP contribution in [0.5, 0.6) is 0 Å². The van der Waals surface area contributed by atoms with Gasteiger partial charge in [-0.1, -0.05) is 18.2 Å². The van der Waals surface area contributed by atoms with E-state index in [2.05, 4.69) is 0 Å². The van der Waals surface area contributed by atoms with Gasteiger partial charge >= 0.3 is 0 Å². The van der Waals surface area contributed by atoms with E-state index in [9.17, 15) is 19.5 Å². The van der Waals surface area contributed by atoms with Crippen LogP contribution in [0.15, 0.2) is 35.2 Å². The van der Waals surface area contributed by atoms with Crippen molar-refractivity contribution in [2.24, 2.45) is 0 Å². The zero-order valence-corrected chi connectivity index (χ0v) is 12.4. The minimum Gasteiger partial charge on any atom is -0.394 e. The molecule has 1 aromatic carbocycles. The van der Waals surface area contributed by atoms with Gasteiger partial charge in [0.1, 0.15) is 24.4 Å². The largest absolute Gasteiger partial charge is 0.394 e. The number of hydrogen-bond acceptors (Lipinski definition) is 8. The van der Waals surface area contributed by atoms with Gasteiger partial charge in [0.05, 0.1) is 11.5 Å². The van der Waals surface area contributed by atoms with Crippen LogP contribution in [-0.4, -0.2) is 61.9 Å². The molecule has 2 unspecified atom stereocenters. The van der Waals surface area contributed by atoms with Crippen LogP contribution in [0.1, 0.15) is 0 Å². The summed E-state index contributed by atoms with van der Waals surface area (Å²) in [4.78, 5) is 0.219. The molecule has 6 atom stereocenters. The van der Waals surface area contributed by atoms with Gasteiger partial charge in [-0.15, -0.1) is 0 Å². The SMILES string of the molecule is O=S(=S)(OC1O[C@H](CO)[C@@H](O)[C@H](O)[C@H]1O)c1ccccc1. The Bertz CT molecular complexity index is 560. The molecule has 0 aliphatic carbocycles. The highest BCUT2D eigenvalue weighted by atomic mass is 32.8. The highest BCUT2D eigenvalue weighted by Crippen LogP contribution is 2.25. The molecule has 9 heteroatoms. The second-order valence-electron chi connectivity index (χ2n) is 4.56. The van der Waals surface area contributed by atoms with Gasteiger partial charge in [0, 0.05) is 11.2 Å². The zero-order chi connectivity index (χ0) is 15.6. The van der Waals surface area contributed by atoms with Crippen molar-refractivity contribution in [3.05, 3.63) is 30.3 Å². The molecule has 0 amide bonds. The number of rotatable bonds is 4. The van der Waals surface area contributed by atoms with Gasteiger partial charge in [0.2, 0.25) is 6.29 Å². The Morgan fingerprint density at radius 2 is 1.76 bits per heavy atom. The Morgan fingerprint density at radius 3 is 2.33 bits per heavy atom. The number of ether oxygens (including phenoxy) is 1. The molecular weight excluding hydrogens is 320 g/mol. The Morgan fingerprint density at radius 1 is 1.14 bits per heavy atom. The molecule has 0 bridgehead atoms. The van der Waals surface area contributed by atoms with Gasteiger partial charge < -0.3 is 25.2 Å². The first-order valence-electron chi connectivity index (χ1n) is 6.15. The zero-order valence-electron chi connectivity index (χ0n) is 10.8. The summed E-state index contributed by atoms with van der Waals surface area (Å²) in [6.07, 6.45) is -7.43. The van der Waals surface area contributed by atoms with Crippen LogP contribution in [0.25, 0.3) is 0 Å². The number of aliphatic hydroxyl groups excluding tert-OH is 4. The van der Waals surface area contributed by atoms with E-state index in [4.69, 9.17) is 25.2 Å². The fourth-order valence-corrected chi connectivity index (χ4v) is 3.49. The fraction of sp³-hybridized carbons (Fsp3) is 0.500. The number of aliphatic hydroxyl groups is 4. The lowest BCUT2D eigenvalue weighted by atomic mass is 10.00. The second-order valence-corrected chi connectivity index (χ2v) is 7.45. The highest BCUT2D eigenvalue weighted by Gasteiger charge is 2.45. The molecule has 4 N–H and O–H groups in total. The van der Waals surface area contributed by atoms with Crippen molar-refractivity contribution >= 4 is 20.0 Å². The van der Waals surface area contributed by atoms with Crippen LogP contribution in [0, 0.1) is 0 Å². The standard InChI is InChI=1S/C12H16O7S2/c13-6-8-9(14)10(15)11(16)12(18-8)19-21(17,20)7-4-2-1-3-5-7/h1-5,8-16H,6H2/t8-,9-,10+,11-,12?,21?/m1/s1. The van der Waals surface area contributed by atoms with Crippen molar-refractivity contribution in [1.82, 2.24) is 0 Å². The van der Waals surface area contributed by atoms with Gasteiger partial charge in [-0.05, 0) is 12.1 Å². The maximum atomic E-state index is 12.4. The summed E-state index contributed by atoms with van der Waals surface area (Å²) in [7, 11) is -3.39. The lowest BCUT2D eigenvalue weighted by Crippen LogP contribution is -2.59. The maximum Gasteiger partial charge on any atom is 0.202 e. The topological polar surface area (TPSA) is 116 Å². The molecule has 21 heavy (non-hydrogen) atoms. The second kappa shape index (κ2) is 6.63. The molecule has 1 aromatic rings. The van der Waals surface area contributed by atoms with Crippen molar-refractivity contribution < 1.29 is 33.6 Å². The van der Waals surface area contributed by atoms with Crippen molar-refractivity contribution in [3.63, 3.8) is 0 Å². The molecular formula is C12H16O7S2. The van der Waals surface area contributed by atoms with Crippen LogP contribution >= 0.6 is 0 Å². The molecule has 0 aromatic heterocycles. The van der Waals surface area contributed by atoms with Gasteiger partial charge in [0.25, 0.3) is 0 Å². The molecule has 118 valence electrons. The Labute approximate surface area is 126 Å². The van der Waals surface area contributed by atoms with E-state index in [1.165, 1.54) is 12.1 Å². The van der Waals surface area contributed by atoms with E-state index in [-0.39, 0.29) is 4.90 Å². The Kier molecular flexibility index (Phi) is 5.28. The third-order valence-corrected chi connectivity index (χ3v) is 5.21. The predicted molar refractivity (Wildman–Crippen MR) is 75.1 cm³/mol. The van der Waals surface area contributed by atoms with Gasteiger partial charge in [-0.25, -0.2) is 4.21 Å². The first kappa shape index (κ1) is 16.7. The molecule has 1 saturated heterocycles. The molecule has 0 radical (unpaired) electrons. The molecule has 1 heterocycles. The first-order valence-corrected chi connectivity index (χ1v) is 8.56. The summed E-state index contributed by atoms with van der Waals surface area (Å²) >= 11 is 4.89. The minimum atomic E-state index is -3.39. The average molecular weight is 336 g/mol. The van der Waals surface area contributed by atoms with Crippen LogP contribution in [0.4, 0.5) is 0 Å². The molecule has 1 aliphatic rings. The summed E-state index contributed by atoms with van der Waals surface area (Å²) in [5.41, 5.74) is 0. The fourth-order valence-electron chi connectivity index (χ4n) is 1.91. The molecule has 1 aliphatic heterocycles. The van der Waals surface area contributed by atoms with E-state index in [1.54, 1.807) is 18.2 Å². The van der Waals surface area contributed by atoms with E-state index < -0.39 is 46.1 Å². The summed E-state index contributed by atoms with van der Waals surface area (Å²) in [5.74, 6) is 0. The molecule has 2 rings (SSSR count). The van der Waals surface area contributed by atoms with E-state index in [0.29, 0.717) is 0 Å². The third-order valence-electron chi connectivity index (χ3n) is 3.10. The molecule has 1 fully saturated rings. The van der Waals surface area contributed by atoms with Crippen LogP contribution in [0.3, 0.4) is 0 Å². The first-order chi connectivity index (χ1) is 9.86. The predicted octanol–water partition coefficient (Wildman–Crippen LogP) is -1.48. The van der Waals surface area contributed by atoms with Gasteiger partial charge in [0.15, 0.2) is 8.77 Å². The van der Waals surface area contributed by atoms with Crippen LogP contribution in [-0.2, 0) is 28.9 Å². The Balaban J connectivity index is 2.18. The Hall–Kier alpha value is -0.650. The van der Waals surface area contributed by atoms with Crippen molar-refractivity contribution in [2.45, 2.75) is 35.6 Å². The molecule has 7 nitrogen and oxygen atoms in total. The summed E-state index contributed by atoms with van der Waals surface area (Å²) in [5, 5.41) is 38.2. The third kappa shape index (κ3) is 3.58.